The predicted molar refractivity (Wildman–Crippen MR) is 82.6 cm³/mol. The third-order valence-electron chi connectivity index (χ3n) is 3.58. The van der Waals surface area contributed by atoms with Crippen molar-refractivity contribution >= 4 is 6.09 Å². The molecule has 1 aromatic rings. The Morgan fingerprint density at radius 2 is 1.96 bits per heavy atom. The van der Waals surface area contributed by atoms with Gasteiger partial charge in [-0.2, -0.15) is 0 Å². The lowest BCUT2D eigenvalue weighted by Gasteiger charge is -2.19. The van der Waals surface area contributed by atoms with E-state index in [0.29, 0.717) is 24.5 Å². The molecule has 0 saturated heterocycles. The number of hydrogen-bond donors (Lipinski definition) is 1. The van der Waals surface area contributed by atoms with E-state index in [2.05, 4.69) is 5.32 Å². The summed E-state index contributed by atoms with van der Waals surface area (Å²) in [5.41, 5.74) is 0.108. The minimum atomic E-state index is -0.915. The molecular formula is C17H23F2NO3. The molecular weight excluding hydrogens is 304 g/mol. The van der Waals surface area contributed by atoms with Crippen molar-refractivity contribution in [3.05, 3.63) is 29.3 Å². The van der Waals surface area contributed by atoms with E-state index in [1.165, 1.54) is 6.07 Å². The van der Waals surface area contributed by atoms with Crippen LogP contribution in [-0.2, 0) is 4.74 Å². The highest BCUT2D eigenvalue weighted by Gasteiger charge is 2.41. The van der Waals surface area contributed by atoms with Crippen molar-refractivity contribution in [2.75, 3.05) is 13.2 Å². The number of carbonyl (C=O) groups is 1. The highest BCUT2D eigenvalue weighted by Crippen LogP contribution is 2.50. The maximum absolute atomic E-state index is 13.5. The van der Waals surface area contributed by atoms with Gasteiger partial charge in [-0.1, -0.05) is 0 Å². The van der Waals surface area contributed by atoms with E-state index < -0.39 is 23.3 Å². The van der Waals surface area contributed by atoms with Crippen molar-refractivity contribution in [1.82, 2.24) is 5.32 Å². The highest BCUT2D eigenvalue weighted by molar-refractivity contribution is 5.67. The molecule has 2 atom stereocenters. The smallest absolute Gasteiger partial charge is 0.407 e. The van der Waals surface area contributed by atoms with Crippen molar-refractivity contribution < 1.29 is 23.0 Å². The molecule has 4 nitrogen and oxygen atoms in total. The molecule has 1 fully saturated rings. The van der Waals surface area contributed by atoms with Crippen LogP contribution in [0.1, 0.15) is 45.6 Å². The number of ether oxygens (including phenoxy) is 2. The first-order valence-corrected chi connectivity index (χ1v) is 7.80. The summed E-state index contributed by atoms with van der Waals surface area (Å²) >= 11 is 0. The molecule has 1 aliphatic rings. The van der Waals surface area contributed by atoms with E-state index >= 15 is 0 Å². The molecule has 0 heterocycles. The first-order chi connectivity index (χ1) is 10.7. The zero-order valence-electron chi connectivity index (χ0n) is 13.9. The summed E-state index contributed by atoms with van der Waals surface area (Å²) in [5.74, 6) is -1.19. The molecule has 2 unspecified atom stereocenters. The normalized spacial score (nSPS) is 20.1. The second-order valence-corrected chi connectivity index (χ2v) is 6.72. The van der Waals surface area contributed by atoms with Gasteiger partial charge in [0.15, 0.2) is 11.6 Å². The average Bonchev–Trinajstić information content (AvgIpc) is 3.18. The molecule has 0 spiro atoms. The molecule has 0 bridgehead atoms. The van der Waals surface area contributed by atoms with Crippen molar-refractivity contribution in [2.24, 2.45) is 5.92 Å². The summed E-state index contributed by atoms with van der Waals surface area (Å²) in [6.07, 6.45) is 0.319. The molecule has 1 aliphatic carbocycles. The molecule has 0 radical (unpaired) electrons. The Morgan fingerprint density at radius 3 is 2.57 bits per heavy atom. The van der Waals surface area contributed by atoms with Crippen molar-refractivity contribution in [1.29, 1.82) is 0 Å². The molecule has 0 aromatic heterocycles. The Kier molecular flexibility index (Phi) is 5.12. The number of halogens is 2. The van der Waals surface area contributed by atoms with Gasteiger partial charge in [0.05, 0.1) is 6.61 Å². The van der Waals surface area contributed by atoms with Gasteiger partial charge in [0.25, 0.3) is 0 Å². The van der Waals surface area contributed by atoms with Gasteiger partial charge in [-0.25, -0.2) is 13.6 Å². The van der Waals surface area contributed by atoms with Crippen LogP contribution in [0.4, 0.5) is 13.6 Å². The van der Waals surface area contributed by atoms with Crippen LogP contribution in [-0.4, -0.2) is 24.8 Å². The number of nitrogens with one attached hydrogen (secondary N) is 1. The maximum Gasteiger partial charge on any atom is 0.407 e. The average molecular weight is 327 g/mol. The van der Waals surface area contributed by atoms with Gasteiger partial charge in [-0.3, -0.25) is 0 Å². The second kappa shape index (κ2) is 6.72. The molecule has 23 heavy (non-hydrogen) atoms. The lowest BCUT2D eigenvalue weighted by Crippen LogP contribution is -2.33. The van der Waals surface area contributed by atoms with Crippen LogP contribution in [0.2, 0.25) is 0 Å². The summed E-state index contributed by atoms with van der Waals surface area (Å²) in [5, 5.41) is 2.71. The van der Waals surface area contributed by atoms with Crippen LogP contribution in [0.5, 0.6) is 5.75 Å². The molecule has 1 N–H and O–H groups in total. The van der Waals surface area contributed by atoms with Crippen LogP contribution in [0.25, 0.3) is 0 Å². The lowest BCUT2D eigenvalue weighted by atomic mass is 10.1. The summed E-state index contributed by atoms with van der Waals surface area (Å²) in [6, 6.07) is 2.28. The van der Waals surface area contributed by atoms with Crippen LogP contribution in [0.3, 0.4) is 0 Å². The second-order valence-electron chi connectivity index (χ2n) is 6.72. The number of amides is 1. The Morgan fingerprint density at radius 1 is 1.30 bits per heavy atom. The molecule has 128 valence electrons. The van der Waals surface area contributed by atoms with Crippen LogP contribution in [0.15, 0.2) is 12.1 Å². The fourth-order valence-corrected chi connectivity index (χ4v) is 2.50. The van der Waals surface area contributed by atoms with Crippen LogP contribution < -0.4 is 10.1 Å². The van der Waals surface area contributed by atoms with Crippen molar-refractivity contribution in [3.63, 3.8) is 0 Å². The Labute approximate surface area is 135 Å². The minimum Gasteiger partial charge on any atom is -0.493 e. The maximum atomic E-state index is 13.5. The summed E-state index contributed by atoms with van der Waals surface area (Å²) in [6.45, 7) is 7.99. The van der Waals surface area contributed by atoms with Gasteiger partial charge in [0.1, 0.15) is 11.4 Å². The van der Waals surface area contributed by atoms with Crippen molar-refractivity contribution in [3.8, 4) is 5.75 Å². The number of benzene rings is 1. The molecule has 0 aliphatic heterocycles. The summed E-state index contributed by atoms with van der Waals surface area (Å²) < 4.78 is 37.4. The Hall–Kier alpha value is -1.85. The van der Waals surface area contributed by atoms with Crippen molar-refractivity contribution in [2.45, 2.75) is 45.6 Å². The fourth-order valence-electron chi connectivity index (χ4n) is 2.50. The minimum absolute atomic E-state index is 0.0570. The monoisotopic (exact) mass is 327 g/mol. The number of alkyl carbamates (subject to hydrolysis) is 1. The number of carbonyl (C=O) groups excluding carboxylic acids is 1. The number of hydrogen-bond acceptors (Lipinski definition) is 3. The topological polar surface area (TPSA) is 47.6 Å². The third-order valence-corrected chi connectivity index (χ3v) is 3.58. The summed E-state index contributed by atoms with van der Waals surface area (Å²) in [7, 11) is 0. The van der Waals surface area contributed by atoms with Gasteiger partial charge < -0.3 is 14.8 Å². The van der Waals surface area contributed by atoms with Gasteiger partial charge in [-0.05, 0) is 52.0 Å². The molecule has 2 rings (SSSR count). The van der Waals surface area contributed by atoms with E-state index in [9.17, 15) is 13.6 Å². The third kappa shape index (κ3) is 4.81. The van der Waals surface area contributed by atoms with Crippen LogP contribution >= 0.6 is 0 Å². The largest absolute Gasteiger partial charge is 0.493 e. The molecule has 1 amide bonds. The Balaban J connectivity index is 1.95. The van der Waals surface area contributed by atoms with E-state index in [1.807, 2.05) is 0 Å². The van der Waals surface area contributed by atoms with Gasteiger partial charge in [-0.15, -0.1) is 0 Å². The Bertz CT molecular complexity index is 584. The van der Waals surface area contributed by atoms with E-state index in [0.717, 1.165) is 12.5 Å². The lowest BCUT2D eigenvalue weighted by molar-refractivity contribution is 0.0525. The summed E-state index contributed by atoms with van der Waals surface area (Å²) in [4.78, 5) is 11.6. The zero-order chi connectivity index (χ0) is 17.2. The van der Waals surface area contributed by atoms with E-state index in [4.69, 9.17) is 9.47 Å². The van der Waals surface area contributed by atoms with E-state index in [-0.39, 0.29) is 11.8 Å². The van der Waals surface area contributed by atoms with Gasteiger partial charge in [0, 0.05) is 18.2 Å². The zero-order valence-corrected chi connectivity index (χ0v) is 13.9. The first kappa shape index (κ1) is 17.5. The SMILES string of the molecule is CCOc1cc(F)c(F)cc1C1CC1CNC(=O)OC(C)(C)C. The predicted octanol–water partition coefficient (Wildman–Crippen LogP) is 3.99. The van der Waals surface area contributed by atoms with Crippen LogP contribution in [0, 0.1) is 17.6 Å². The highest BCUT2D eigenvalue weighted by atomic mass is 19.2. The molecule has 6 heteroatoms. The van der Waals surface area contributed by atoms with E-state index in [1.54, 1.807) is 27.7 Å². The molecule has 1 aromatic carbocycles. The number of rotatable bonds is 5. The van der Waals surface area contributed by atoms with Gasteiger partial charge >= 0.3 is 6.09 Å². The standard InChI is InChI=1S/C17H23F2NO3/c1-5-22-15-8-14(19)13(18)7-12(15)11-6-10(11)9-20-16(21)23-17(2,3)4/h7-8,10-11H,5-6,9H2,1-4H3,(H,20,21). The molecule has 1 saturated carbocycles. The van der Waals surface area contributed by atoms with Gasteiger partial charge in [0.2, 0.25) is 0 Å². The fraction of sp³-hybridized carbons (Fsp3) is 0.588. The quantitative estimate of drug-likeness (QED) is 0.889. The first-order valence-electron chi connectivity index (χ1n) is 7.80.